The van der Waals surface area contributed by atoms with Crippen LogP contribution in [0.2, 0.25) is 0 Å². The molecule has 4 nitrogen and oxygen atoms in total. The van der Waals surface area contributed by atoms with Crippen LogP contribution in [0.15, 0.2) is 22.7 Å². The molecule has 0 saturated heterocycles. The molecule has 1 atom stereocenters. The Kier molecular flexibility index (Phi) is 2.93. The van der Waals surface area contributed by atoms with Crippen molar-refractivity contribution in [2.24, 2.45) is 0 Å². The average Bonchev–Trinajstić information content (AvgIpc) is 2.39. The van der Waals surface area contributed by atoms with Gasteiger partial charge in [-0.2, -0.15) is 0 Å². The van der Waals surface area contributed by atoms with E-state index in [2.05, 4.69) is 21.2 Å². The molecule has 0 unspecified atom stereocenters. The number of rotatable bonds is 1. The number of hydrogen-bond donors (Lipinski definition) is 2. The van der Waals surface area contributed by atoms with Crippen LogP contribution < -0.4 is 10.1 Å². The fourth-order valence-corrected chi connectivity index (χ4v) is 1.95. The molecule has 15 heavy (non-hydrogen) atoms. The van der Waals surface area contributed by atoms with Gasteiger partial charge < -0.3 is 9.84 Å². The maximum atomic E-state index is 11.0. The standard InChI is InChI=1S/C10H10BrNO3/c11-6-1-2-8-7(5-6)9(10(13)14)12-3-4-15-8/h1-2,5,9,12H,3-4H2,(H,13,14)/t9-/m1/s1. The SMILES string of the molecule is O=C(O)[C@@H]1NCCOc2ccc(Br)cc21. The molecule has 0 bridgehead atoms. The lowest BCUT2D eigenvalue weighted by Crippen LogP contribution is -2.29. The number of nitrogens with one attached hydrogen (secondary N) is 1. The Hall–Kier alpha value is -1.07. The maximum Gasteiger partial charge on any atom is 0.325 e. The van der Waals surface area contributed by atoms with Crippen molar-refractivity contribution in [1.82, 2.24) is 5.32 Å². The van der Waals surface area contributed by atoms with Gasteiger partial charge in [0.2, 0.25) is 0 Å². The smallest absolute Gasteiger partial charge is 0.325 e. The van der Waals surface area contributed by atoms with Crippen LogP contribution >= 0.6 is 15.9 Å². The molecular weight excluding hydrogens is 262 g/mol. The van der Waals surface area contributed by atoms with Crippen LogP contribution in [0.4, 0.5) is 0 Å². The van der Waals surface area contributed by atoms with Gasteiger partial charge in [0.25, 0.3) is 0 Å². The lowest BCUT2D eigenvalue weighted by Gasteiger charge is -2.12. The Morgan fingerprint density at radius 1 is 1.60 bits per heavy atom. The Morgan fingerprint density at radius 3 is 3.13 bits per heavy atom. The maximum absolute atomic E-state index is 11.0. The summed E-state index contributed by atoms with van der Waals surface area (Å²) in [7, 11) is 0. The van der Waals surface area contributed by atoms with Crippen molar-refractivity contribution >= 4 is 21.9 Å². The number of hydrogen-bond acceptors (Lipinski definition) is 3. The molecular formula is C10H10BrNO3. The van der Waals surface area contributed by atoms with E-state index in [1.165, 1.54) is 0 Å². The van der Waals surface area contributed by atoms with Crippen LogP contribution in [0.1, 0.15) is 11.6 Å². The van der Waals surface area contributed by atoms with Crippen LogP contribution in [0.3, 0.4) is 0 Å². The molecule has 0 amide bonds. The Bertz CT molecular complexity index is 394. The minimum Gasteiger partial charge on any atom is -0.492 e. The van der Waals surface area contributed by atoms with Gasteiger partial charge in [-0.3, -0.25) is 10.1 Å². The monoisotopic (exact) mass is 271 g/mol. The van der Waals surface area contributed by atoms with E-state index < -0.39 is 12.0 Å². The molecule has 1 aromatic rings. The van der Waals surface area contributed by atoms with Gasteiger partial charge in [-0.15, -0.1) is 0 Å². The van der Waals surface area contributed by atoms with E-state index in [0.29, 0.717) is 24.5 Å². The molecule has 0 aliphatic carbocycles. The van der Waals surface area contributed by atoms with E-state index in [1.807, 2.05) is 6.07 Å². The summed E-state index contributed by atoms with van der Waals surface area (Å²) in [5.41, 5.74) is 0.661. The molecule has 1 aliphatic heterocycles. The van der Waals surface area contributed by atoms with E-state index in [-0.39, 0.29) is 0 Å². The van der Waals surface area contributed by atoms with Gasteiger partial charge in [0, 0.05) is 16.6 Å². The van der Waals surface area contributed by atoms with E-state index in [0.717, 1.165) is 4.47 Å². The molecule has 5 heteroatoms. The highest BCUT2D eigenvalue weighted by molar-refractivity contribution is 9.10. The number of halogens is 1. The number of carbonyl (C=O) groups is 1. The highest BCUT2D eigenvalue weighted by atomic mass is 79.9. The number of carboxylic acids is 1. The van der Waals surface area contributed by atoms with Gasteiger partial charge in [0.05, 0.1) is 0 Å². The molecule has 0 fully saturated rings. The molecule has 1 aromatic carbocycles. The summed E-state index contributed by atoms with van der Waals surface area (Å²) in [6, 6.07) is 4.69. The van der Waals surface area contributed by atoms with Gasteiger partial charge >= 0.3 is 5.97 Å². The highest BCUT2D eigenvalue weighted by Gasteiger charge is 2.25. The van der Waals surface area contributed by atoms with Crippen LogP contribution in [0.25, 0.3) is 0 Å². The topological polar surface area (TPSA) is 58.6 Å². The van der Waals surface area contributed by atoms with Crippen molar-refractivity contribution in [3.05, 3.63) is 28.2 Å². The highest BCUT2D eigenvalue weighted by Crippen LogP contribution is 2.30. The number of carboxylic acid groups (broad SMARTS) is 1. The number of aliphatic carboxylic acids is 1. The first-order valence-corrected chi connectivity index (χ1v) is 5.36. The summed E-state index contributed by atoms with van der Waals surface area (Å²) in [6.45, 7) is 1.02. The number of fused-ring (bicyclic) bond motifs is 1. The molecule has 0 aromatic heterocycles. The van der Waals surface area contributed by atoms with Crippen molar-refractivity contribution in [3.8, 4) is 5.75 Å². The summed E-state index contributed by atoms with van der Waals surface area (Å²) in [5, 5.41) is 12.0. The van der Waals surface area contributed by atoms with Crippen LogP contribution in [-0.4, -0.2) is 24.2 Å². The van der Waals surface area contributed by atoms with Crippen molar-refractivity contribution < 1.29 is 14.6 Å². The Labute approximate surface area is 95.4 Å². The summed E-state index contributed by atoms with van der Waals surface area (Å²) in [6.07, 6.45) is 0. The van der Waals surface area contributed by atoms with Gasteiger partial charge in [0.15, 0.2) is 0 Å². The molecule has 80 valence electrons. The summed E-state index contributed by atoms with van der Waals surface area (Å²) in [4.78, 5) is 11.0. The van der Waals surface area contributed by atoms with Crippen LogP contribution in [0, 0.1) is 0 Å². The van der Waals surface area contributed by atoms with E-state index in [1.54, 1.807) is 12.1 Å². The van der Waals surface area contributed by atoms with Crippen molar-refractivity contribution in [3.63, 3.8) is 0 Å². The lowest BCUT2D eigenvalue weighted by molar-refractivity contribution is -0.139. The molecule has 1 aliphatic rings. The van der Waals surface area contributed by atoms with Crippen LogP contribution in [0.5, 0.6) is 5.75 Å². The lowest BCUT2D eigenvalue weighted by atomic mass is 10.1. The second kappa shape index (κ2) is 4.20. The first-order valence-electron chi connectivity index (χ1n) is 4.57. The molecule has 0 saturated carbocycles. The predicted molar refractivity (Wildman–Crippen MR) is 58.0 cm³/mol. The molecule has 0 radical (unpaired) electrons. The minimum absolute atomic E-state index is 0.485. The van der Waals surface area contributed by atoms with Crippen molar-refractivity contribution in [2.45, 2.75) is 6.04 Å². The molecule has 2 N–H and O–H groups in total. The second-order valence-corrected chi connectivity index (χ2v) is 4.17. The summed E-state index contributed by atoms with van der Waals surface area (Å²) >= 11 is 3.32. The Morgan fingerprint density at radius 2 is 2.40 bits per heavy atom. The first kappa shape index (κ1) is 10.4. The largest absolute Gasteiger partial charge is 0.492 e. The summed E-state index contributed by atoms with van der Waals surface area (Å²) in [5.74, 6) is -0.254. The third-order valence-electron chi connectivity index (χ3n) is 2.24. The van der Waals surface area contributed by atoms with Gasteiger partial charge in [0.1, 0.15) is 18.4 Å². The molecule has 0 spiro atoms. The van der Waals surface area contributed by atoms with Crippen molar-refractivity contribution in [1.29, 1.82) is 0 Å². The average molecular weight is 272 g/mol. The molecule has 2 rings (SSSR count). The van der Waals surface area contributed by atoms with Crippen molar-refractivity contribution in [2.75, 3.05) is 13.2 Å². The first-order chi connectivity index (χ1) is 7.18. The third-order valence-corrected chi connectivity index (χ3v) is 2.73. The van der Waals surface area contributed by atoms with E-state index in [9.17, 15) is 4.79 Å². The number of ether oxygens (including phenoxy) is 1. The van der Waals surface area contributed by atoms with Gasteiger partial charge in [-0.1, -0.05) is 15.9 Å². The van der Waals surface area contributed by atoms with Crippen LogP contribution in [-0.2, 0) is 4.79 Å². The fraction of sp³-hybridized carbons (Fsp3) is 0.300. The normalized spacial score (nSPS) is 19.9. The molecule has 1 heterocycles. The zero-order valence-electron chi connectivity index (χ0n) is 7.87. The fourth-order valence-electron chi connectivity index (χ4n) is 1.57. The number of benzene rings is 1. The minimum atomic E-state index is -0.889. The zero-order valence-corrected chi connectivity index (χ0v) is 9.45. The van der Waals surface area contributed by atoms with Gasteiger partial charge in [-0.25, -0.2) is 0 Å². The Balaban J connectivity index is 2.46. The van der Waals surface area contributed by atoms with E-state index in [4.69, 9.17) is 9.84 Å². The van der Waals surface area contributed by atoms with Gasteiger partial charge in [-0.05, 0) is 18.2 Å². The zero-order chi connectivity index (χ0) is 10.8. The quantitative estimate of drug-likeness (QED) is 0.814. The predicted octanol–water partition coefficient (Wildman–Crippen LogP) is 1.56. The second-order valence-electron chi connectivity index (χ2n) is 3.26. The summed E-state index contributed by atoms with van der Waals surface area (Å²) < 4.78 is 6.28. The van der Waals surface area contributed by atoms with E-state index >= 15 is 0 Å². The third kappa shape index (κ3) is 2.13.